The quantitative estimate of drug-likeness (QED) is 0.292. The third-order valence-electron chi connectivity index (χ3n) is 6.28. The van der Waals surface area contributed by atoms with E-state index >= 15 is 0 Å². The number of aromatic nitrogens is 1. The molecule has 0 spiro atoms. The molecule has 0 aliphatic carbocycles. The van der Waals surface area contributed by atoms with Crippen LogP contribution in [-0.4, -0.2) is 36.0 Å². The molecule has 0 fully saturated rings. The molecular weight excluding hydrogens is 502 g/mol. The van der Waals surface area contributed by atoms with Crippen molar-refractivity contribution < 1.29 is 23.1 Å². The Morgan fingerprint density at radius 3 is 2.26 bits per heavy atom. The van der Waals surface area contributed by atoms with E-state index in [2.05, 4.69) is 30.8 Å². The highest BCUT2D eigenvalue weighted by molar-refractivity contribution is 7.92. The Morgan fingerprint density at radius 1 is 0.947 bits per heavy atom. The fourth-order valence-corrected chi connectivity index (χ4v) is 5.24. The van der Waals surface area contributed by atoms with Crippen LogP contribution in [0.1, 0.15) is 31.9 Å². The number of carboxylic acid groups (broad SMARTS) is 1. The lowest BCUT2D eigenvalue weighted by atomic mass is 9.87. The van der Waals surface area contributed by atoms with E-state index in [4.69, 9.17) is 0 Å². The van der Waals surface area contributed by atoms with Gasteiger partial charge in [0.1, 0.15) is 12.6 Å². The Kier molecular flexibility index (Phi) is 7.59. The van der Waals surface area contributed by atoms with Crippen molar-refractivity contribution in [2.75, 3.05) is 4.72 Å². The molecule has 0 aliphatic rings. The Morgan fingerprint density at radius 2 is 1.63 bits per heavy atom. The van der Waals surface area contributed by atoms with Gasteiger partial charge in [0.15, 0.2) is 0 Å². The number of carbonyl (C=O) groups is 2. The fourth-order valence-electron chi connectivity index (χ4n) is 4.19. The summed E-state index contributed by atoms with van der Waals surface area (Å²) in [5.41, 5.74) is 2.88. The van der Waals surface area contributed by atoms with Gasteiger partial charge in [0.2, 0.25) is 5.91 Å². The summed E-state index contributed by atoms with van der Waals surface area (Å²) in [6.45, 7) is 6.12. The van der Waals surface area contributed by atoms with Crippen LogP contribution in [0.4, 0.5) is 5.69 Å². The topological polar surface area (TPSA) is 118 Å². The molecule has 198 valence electrons. The maximum Gasteiger partial charge on any atom is 0.326 e. The predicted octanol–water partition coefficient (Wildman–Crippen LogP) is 4.55. The van der Waals surface area contributed by atoms with E-state index in [-0.39, 0.29) is 23.3 Å². The Hall–Kier alpha value is -4.11. The van der Waals surface area contributed by atoms with Gasteiger partial charge < -0.3 is 15.0 Å². The van der Waals surface area contributed by atoms with Crippen molar-refractivity contribution in [1.82, 2.24) is 9.88 Å². The number of hydrogen-bond acceptors (Lipinski definition) is 4. The van der Waals surface area contributed by atoms with Crippen molar-refractivity contribution in [2.45, 2.75) is 50.1 Å². The van der Waals surface area contributed by atoms with Crippen molar-refractivity contribution in [3.63, 3.8) is 0 Å². The molecule has 1 amide bonds. The van der Waals surface area contributed by atoms with Gasteiger partial charge in [-0.15, -0.1) is 0 Å². The smallest absolute Gasteiger partial charge is 0.326 e. The molecule has 4 aromatic rings. The normalized spacial score (nSPS) is 12.7. The molecule has 0 aliphatic heterocycles. The van der Waals surface area contributed by atoms with Crippen molar-refractivity contribution in [2.24, 2.45) is 0 Å². The van der Waals surface area contributed by atoms with Crippen molar-refractivity contribution in [3.8, 4) is 0 Å². The molecule has 1 atom stereocenters. The molecule has 1 aromatic heterocycles. The van der Waals surface area contributed by atoms with Gasteiger partial charge in [-0.05, 0) is 52.9 Å². The monoisotopic (exact) mass is 533 g/mol. The van der Waals surface area contributed by atoms with Crippen LogP contribution in [0.3, 0.4) is 0 Å². The molecule has 0 bridgehead atoms. The molecule has 3 N–H and O–H groups in total. The molecule has 1 heterocycles. The van der Waals surface area contributed by atoms with Gasteiger partial charge in [-0.2, -0.15) is 0 Å². The second kappa shape index (κ2) is 10.7. The van der Waals surface area contributed by atoms with Crippen LogP contribution in [0.2, 0.25) is 0 Å². The number of carboxylic acids is 1. The van der Waals surface area contributed by atoms with E-state index in [0.717, 1.165) is 16.5 Å². The summed E-state index contributed by atoms with van der Waals surface area (Å²) in [6.07, 6.45) is 1.89. The summed E-state index contributed by atoms with van der Waals surface area (Å²) in [5.74, 6) is -1.54. The maximum atomic E-state index is 12.9. The minimum atomic E-state index is -3.78. The lowest BCUT2D eigenvalue weighted by Gasteiger charge is -2.19. The predicted molar refractivity (Wildman–Crippen MR) is 148 cm³/mol. The summed E-state index contributed by atoms with van der Waals surface area (Å²) < 4.78 is 30.1. The number of rotatable bonds is 9. The van der Waals surface area contributed by atoms with Gasteiger partial charge >= 0.3 is 5.97 Å². The summed E-state index contributed by atoms with van der Waals surface area (Å²) >= 11 is 0. The zero-order valence-electron chi connectivity index (χ0n) is 21.5. The Bertz CT molecular complexity index is 1550. The molecule has 0 radical (unpaired) electrons. The van der Waals surface area contributed by atoms with Crippen LogP contribution in [0.25, 0.3) is 10.9 Å². The van der Waals surface area contributed by atoms with Gasteiger partial charge in [0.05, 0.1) is 4.90 Å². The number of nitrogens with zero attached hydrogens (tertiary/aromatic N) is 1. The van der Waals surface area contributed by atoms with Crippen LogP contribution >= 0.6 is 0 Å². The molecule has 4 rings (SSSR count). The first-order valence-corrected chi connectivity index (χ1v) is 13.7. The molecular formula is C29H31N3O5S. The summed E-state index contributed by atoms with van der Waals surface area (Å²) in [7, 11) is -3.78. The molecule has 8 nitrogen and oxygen atoms in total. The van der Waals surface area contributed by atoms with Crippen molar-refractivity contribution >= 4 is 38.5 Å². The number of fused-ring (bicyclic) bond motifs is 1. The number of hydrogen-bond donors (Lipinski definition) is 3. The average Bonchev–Trinajstić information content (AvgIpc) is 3.25. The first kappa shape index (κ1) is 26.9. The van der Waals surface area contributed by atoms with E-state index in [1.165, 1.54) is 0 Å². The fraction of sp³-hybridized carbons (Fsp3) is 0.241. The third kappa shape index (κ3) is 6.41. The van der Waals surface area contributed by atoms with Gasteiger partial charge in [-0.3, -0.25) is 9.52 Å². The standard InChI is InChI=1S/C29H31N3O5S/c1-29(2,3)22-9-12-24(13-10-22)38(36,37)31-23-11-14-26-21(18-23)15-16-32(26)19-27(33)30-25(28(34)35)17-20-7-5-4-6-8-20/h4-16,18,25,31H,17,19H2,1-3H3,(H,30,33)(H,34,35)/t25-/m0/s1. The van der Waals surface area contributed by atoms with E-state index in [0.29, 0.717) is 11.2 Å². The van der Waals surface area contributed by atoms with Crippen LogP contribution in [-0.2, 0) is 38.0 Å². The molecule has 0 saturated carbocycles. The van der Waals surface area contributed by atoms with Gasteiger partial charge in [0, 0.05) is 29.2 Å². The summed E-state index contributed by atoms with van der Waals surface area (Å²) in [4.78, 5) is 24.5. The molecule has 0 saturated heterocycles. The van der Waals surface area contributed by atoms with Crippen molar-refractivity contribution in [1.29, 1.82) is 0 Å². The second-order valence-corrected chi connectivity index (χ2v) is 11.9. The highest BCUT2D eigenvalue weighted by atomic mass is 32.2. The Balaban J connectivity index is 1.45. The number of aliphatic carboxylic acids is 1. The second-order valence-electron chi connectivity index (χ2n) is 10.2. The van der Waals surface area contributed by atoms with E-state index in [1.807, 2.05) is 42.5 Å². The number of amides is 1. The van der Waals surface area contributed by atoms with E-state index in [9.17, 15) is 23.1 Å². The van der Waals surface area contributed by atoms with E-state index in [1.54, 1.807) is 47.2 Å². The van der Waals surface area contributed by atoms with Gasteiger partial charge in [-0.1, -0.05) is 63.2 Å². The van der Waals surface area contributed by atoms with Crippen molar-refractivity contribution in [3.05, 3.63) is 96.2 Å². The lowest BCUT2D eigenvalue weighted by Crippen LogP contribution is -2.43. The van der Waals surface area contributed by atoms with Gasteiger partial charge in [-0.25, -0.2) is 13.2 Å². The zero-order chi connectivity index (χ0) is 27.5. The number of anilines is 1. The number of sulfonamides is 1. The molecule has 3 aromatic carbocycles. The van der Waals surface area contributed by atoms with Crippen LogP contribution < -0.4 is 10.0 Å². The molecule has 9 heteroatoms. The third-order valence-corrected chi connectivity index (χ3v) is 7.68. The van der Waals surface area contributed by atoms with Crippen LogP contribution in [0.15, 0.2) is 90.0 Å². The first-order valence-electron chi connectivity index (χ1n) is 12.2. The van der Waals surface area contributed by atoms with Crippen LogP contribution in [0, 0.1) is 0 Å². The summed E-state index contributed by atoms with van der Waals surface area (Å²) in [5, 5.41) is 12.9. The largest absolute Gasteiger partial charge is 0.480 e. The number of carbonyl (C=O) groups excluding carboxylic acids is 1. The van der Waals surface area contributed by atoms with E-state index < -0.39 is 27.9 Å². The number of nitrogens with one attached hydrogen (secondary N) is 2. The Labute approximate surface area is 222 Å². The zero-order valence-corrected chi connectivity index (χ0v) is 22.3. The number of benzene rings is 3. The van der Waals surface area contributed by atoms with Gasteiger partial charge in [0.25, 0.3) is 10.0 Å². The lowest BCUT2D eigenvalue weighted by molar-refractivity contribution is -0.141. The highest BCUT2D eigenvalue weighted by Gasteiger charge is 2.21. The highest BCUT2D eigenvalue weighted by Crippen LogP contribution is 2.26. The SMILES string of the molecule is CC(C)(C)c1ccc(S(=O)(=O)Nc2ccc3c(ccn3CC(=O)N[C@@H](Cc3ccccc3)C(=O)O)c2)cc1. The average molecular weight is 534 g/mol. The summed E-state index contributed by atoms with van der Waals surface area (Å²) in [6, 6.07) is 21.7. The molecule has 38 heavy (non-hydrogen) atoms. The molecule has 0 unspecified atom stereocenters. The first-order chi connectivity index (χ1) is 17.9. The maximum absolute atomic E-state index is 12.9. The minimum Gasteiger partial charge on any atom is -0.480 e. The minimum absolute atomic E-state index is 0.0761. The van der Waals surface area contributed by atoms with Crippen LogP contribution in [0.5, 0.6) is 0 Å².